The normalized spacial score (nSPS) is 27.2. The molecule has 0 unspecified atom stereocenters. The van der Waals surface area contributed by atoms with Crippen LogP contribution in [0.25, 0.3) is 0 Å². The van der Waals surface area contributed by atoms with Gasteiger partial charge in [0.05, 0.1) is 101 Å². The molecule has 0 saturated carbocycles. The molecule has 120 heavy (non-hydrogen) atoms. The molecule has 17 atom stereocenters. The summed E-state index contributed by atoms with van der Waals surface area (Å²) in [5, 5.41) is 175. The Labute approximate surface area is 676 Å². The number of carbonyl (C=O) groups excluding carboxylic acids is 9. The number of anilines is 1. The van der Waals surface area contributed by atoms with Crippen LogP contribution in [0.2, 0.25) is 0 Å². The molecule has 41 heteroatoms. The van der Waals surface area contributed by atoms with E-state index < -0.39 is 301 Å². The topological polar surface area (TPSA) is 635 Å². The van der Waals surface area contributed by atoms with E-state index in [4.69, 9.17) is 52.1 Å². The zero-order chi connectivity index (χ0) is 86.7. The fraction of sp³-hybridized carbons (Fsp3) is 0.418. The fourth-order valence-electron chi connectivity index (χ4n) is 16.0. The maximum Gasteiger partial charge on any atom is 0.411 e. The number of nitro groups is 1. The summed E-state index contributed by atoms with van der Waals surface area (Å²) in [6.07, 6.45) is -28.7. The molecule has 2 amide bonds. The van der Waals surface area contributed by atoms with Crippen LogP contribution in [0.1, 0.15) is 154 Å². The SMILES string of the molecule is COc1cccc2c1C(=O)c1c(O)c3c(c(O)c1C2=O)C[C@@](O)(C(=O)CO)C[C@@H]3O[C@H]1C[C@H](NCC(=O)OCc2ccc(NC(=O)OCc3ccc(O[C@@H]4O[C@H](C(=O)O)[C@@H](O)[C@H](O)[C@H]4O)c([N+](=O)[O-])c3)c(COC(=O)N[C@H]3C[C@H](O[C@H]4C[C@](O)(C(=O)CO)Cc5c(O)c6c(c(O)c54)C(=O)c4c(OC)cccc4C6=O)O[C@@H](C)[C@H]3O)c2)[C@H](O)[C@H](C)O1. The first kappa shape index (κ1) is 86.1. The number of aliphatic hydroxyl groups is 9. The Morgan fingerprint density at radius 2 is 1.04 bits per heavy atom. The molecule has 41 nitrogen and oxygen atoms in total. The highest BCUT2D eigenvalue weighted by Crippen LogP contribution is 2.55. The lowest BCUT2D eigenvalue weighted by molar-refractivity contribution is -0.387. The molecule has 638 valence electrons. The van der Waals surface area contributed by atoms with Crippen LogP contribution in [0.5, 0.6) is 40.2 Å². The Balaban J connectivity index is 0.711. The van der Waals surface area contributed by atoms with E-state index in [1.54, 1.807) is 0 Å². The van der Waals surface area contributed by atoms with Gasteiger partial charge in [-0.3, -0.25) is 49.0 Å². The molecule has 3 aliphatic heterocycles. The minimum Gasteiger partial charge on any atom is -0.507 e. The van der Waals surface area contributed by atoms with Gasteiger partial charge < -0.3 is 134 Å². The Kier molecular flexibility index (Phi) is 24.5. The lowest BCUT2D eigenvalue weighted by Crippen LogP contribution is -2.61. The molecule has 6 aromatic carbocycles. The molecule has 7 aliphatic rings. The summed E-state index contributed by atoms with van der Waals surface area (Å²) in [6, 6.07) is 12.6. The zero-order valence-corrected chi connectivity index (χ0v) is 63.7. The minimum absolute atomic E-state index is 0.0351. The number of carboxylic acid groups (broad SMARTS) is 1. The number of aliphatic hydroxyl groups excluding tert-OH is 7. The van der Waals surface area contributed by atoms with Crippen molar-refractivity contribution in [3.63, 3.8) is 0 Å². The number of ketones is 6. The van der Waals surface area contributed by atoms with Gasteiger partial charge in [-0.2, -0.15) is 0 Å². The van der Waals surface area contributed by atoms with Crippen molar-refractivity contribution in [1.82, 2.24) is 10.6 Å². The van der Waals surface area contributed by atoms with Crippen LogP contribution in [0.3, 0.4) is 0 Å². The van der Waals surface area contributed by atoms with Gasteiger partial charge in [0.25, 0.3) is 0 Å². The van der Waals surface area contributed by atoms with Crippen LogP contribution in [0.15, 0.2) is 72.8 Å². The maximum absolute atomic E-state index is 14.3. The molecular weight excluding hydrogens is 1600 g/mol. The number of nitrogens with zero attached hydrogens (tertiary/aromatic N) is 1. The van der Waals surface area contributed by atoms with Gasteiger partial charge >= 0.3 is 29.8 Å². The van der Waals surface area contributed by atoms with E-state index in [1.807, 2.05) is 0 Å². The minimum atomic E-state index is -2.56. The third kappa shape index (κ3) is 16.1. The first-order valence-corrected chi connectivity index (χ1v) is 37.1. The molecule has 13 rings (SSSR count). The predicted octanol–water partition coefficient (Wildman–Crippen LogP) is 0.586. The van der Waals surface area contributed by atoms with Crippen LogP contribution < -0.4 is 30.2 Å². The molecule has 4 aliphatic carbocycles. The third-order valence-corrected chi connectivity index (χ3v) is 22.1. The largest absolute Gasteiger partial charge is 0.507 e. The number of phenolic OH excluding ortho intramolecular Hbond substituents is 4. The highest BCUT2D eigenvalue weighted by molar-refractivity contribution is 6.32. The van der Waals surface area contributed by atoms with Crippen molar-refractivity contribution < 1.29 is 176 Å². The molecule has 0 radical (unpaired) electrons. The number of ether oxygens (including phenoxy) is 11. The van der Waals surface area contributed by atoms with Crippen molar-refractivity contribution in [2.24, 2.45) is 0 Å². The van der Waals surface area contributed by atoms with E-state index >= 15 is 0 Å². The van der Waals surface area contributed by atoms with E-state index in [-0.39, 0.29) is 79.2 Å². The Morgan fingerprint density at radius 1 is 0.558 bits per heavy atom. The highest BCUT2D eigenvalue weighted by atomic mass is 16.7. The number of nitro benzene ring substituents is 1. The second kappa shape index (κ2) is 34.1. The third-order valence-electron chi connectivity index (χ3n) is 22.1. The van der Waals surface area contributed by atoms with Crippen molar-refractivity contribution in [2.75, 3.05) is 39.3 Å². The van der Waals surface area contributed by atoms with Crippen molar-refractivity contribution in [1.29, 1.82) is 0 Å². The number of carbonyl (C=O) groups is 10. The summed E-state index contributed by atoms with van der Waals surface area (Å²) in [4.78, 5) is 148. The molecule has 3 fully saturated rings. The van der Waals surface area contributed by atoms with E-state index in [2.05, 4.69) is 16.0 Å². The second-order valence-electron chi connectivity index (χ2n) is 29.6. The number of amides is 2. The monoisotopic (exact) mass is 1680 g/mol. The van der Waals surface area contributed by atoms with Crippen LogP contribution in [0.4, 0.5) is 21.0 Å². The number of methoxy groups -OCH3 is 2. The van der Waals surface area contributed by atoms with Gasteiger partial charge in [0.15, 0.2) is 47.6 Å². The van der Waals surface area contributed by atoms with E-state index in [1.165, 1.54) is 82.7 Å². The number of benzene rings is 6. The quantitative estimate of drug-likeness (QED) is 0.0122. The first-order valence-electron chi connectivity index (χ1n) is 37.1. The summed E-state index contributed by atoms with van der Waals surface area (Å²) in [5.41, 5.74) is -11.0. The average Bonchev–Trinajstić information content (AvgIpc) is 0.713. The van der Waals surface area contributed by atoms with Crippen molar-refractivity contribution in [3.05, 3.63) is 166 Å². The number of aromatic hydroxyl groups is 4. The summed E-state index contributed by atoms with van der Waals surface area (Å²) < 4.78 is 62.4. The first-order chi connectivity index (χ1) is 56.9. The van der Waals surface area contributed by atoms with Gasteiger partial charge in [-0.25, -0.2) is 14.4 Å². The number of carboxylic acids is 1. The van der Waals surface area contributed by atoms with E-state index in [9.17, 15) is 130 Å². The lowest BCUT2D eigenvalue weighted by Gasteiger charge is -2.43. The Bertz CT molecular complexity index is 5210. The number of aliphatic carboxylic acids is 1. The van der Waals surface area contributed by atoms with Gasteiger partial charge in [-0.15, -0.1) is 0 Å². The van der Waals surface area contributed by atoms with Crippen LogP contribution in [0, 0.1) is 10.1 Å². The number of rotatable bonds is 25. The van der Waals surface area contributed by atoms with Crippen molar-refractivity contribution >= 4 is 70.2 Å². The summed E-state index contributed by atoms with van der Waals surface area (Å²) in [5.74, 6) is -13.0. The van der Waals surface area contributed by atoms with Gasteiger partial charge in [-0.05, 0) is 55.3 Å². The average molecular weight is 1680 g/mol. The molecule has 6 aromatic rings. The molecule has 0 spiro atoms. The zero-order valence-electron chi connectivity index (χ0n) is 63.7. The molecule has 0 bridgehead atoms. The van der Waals surface area contributed by atoms with Gasteiger partial charge in [0.1, 0.15) is 103 Å². The summed E-state index contributed by atoms with van der Waals surface area (Å²) in [7, 11) is 2.47. The summed E-state index contributed by atoms with van der Waals surface area (Å²) >= 11 is 0. The van der Waals surface area contributed by atoms with Crippen LogP contribution in [-0.2, 0) is 89.7 Å². The van der Waals surface area contributed by atoms with Gasteiger partial charge in [-0.1, -0.05) is 36.4 Å². The number of alkyl carbamates (subject to hydrolysis) is 1. The Morgan fingerprint density at radius 3 is 1.55 bits per heavy atom. The van der Waals surface area contributed by atoms with Gasteiger partial charge in [0.2, 0.25) is 17.9 Å². The van der Waals surface area contributed by atoms with Crippen LogP contribution in [-0.4, -0.2) is 260 Å². The number of phenols is 4. The summed E-state index contributed by atoms with van der Waals surface area (Å²) in [6.45, 7) is -2.37. The van der Waals surface area contributed by atoms with Crippen molar-refractivity contribution in [2.45, 2.75) is 175 Å². The van der Waals surface area contributed by atoms with Crippen LogP contribution >= 0.6 is 0 Å². The number of fused-ring (bicyclic) bond motifs is 6. The smallest absolute Gasteiger partial charge is 0.411 e. The van der Waals surface area contributed by atoms with E-state index in [0.29, 0.717) is 0 Å². The fourth-order valence-corrected chi connectivity index (χ4v) is 16.0. The molecule has 3 saturated heterocycles. The number of nitrogens with one attached hydrogen (secondary N) is 3. The number of hydrogen-bond donors (Lipinski definition) is 17. The predicted molar refractivity (Wildman–Crippen MR) is 395 cm³/mol. The molecule has 3 heterocycles. The van der Waals surface area contributed by atoms with Crippen molar-refractivity contribution in [3.8, 4) is 40.2 Å². The highest BCUT2D eigenvalue weighted by Gasteiger charge is 2.54. The number of hydrogen-bond acceptors (Lipinski definition) is 37. The number of Topliss-reactive ketones (excluding diaryl/α,β-unsaturated/α-hetero) is 2. The van der Waals surface area contributed by atoms with Gasteiger partial charge in [0, 0.05) is 89.6 Å². The Hall–Kier alpha value is -11.8. The number of esters is 1. The molecule has 17 N–H and O–H groups in total. The molecule has 0 aromatic heterocycles. The second-order valence-corrected chi connectivity index (χ2v) is 29.6. The maximum atomic E-state index is 14.3. The molecular formula is C79H80N4O37. The van der Waals surface area contributed by atoms with E-state index in [0.717, 1.165) is 18.2 Å². The standard InChI is InChI=1S/C79H80N4O37/c1-29-60(89)39(17-50(115-29)117-45-21-78(106,47(86)24-84)19-36-54(45)68(97)58-56(64(36)93)62(91)34-7-5-9-43(110-3)52(34)66(58)95)80-23-49(88)112-26-31-11-13-38(81-76(104)113-27-32-12-14-42(41(16-32)83(108)109)119-75-72(101)70(99)71(100)73(120-75)74(102)103)33(15-31)28-114-77(105)82-40-18-51(116-30(2)61(40)90)118-46-22-79(107,48(87)25-85)20-37-55(46)69(98)59-57(65(37)94)63(92)35-8-6-10-44(111-4)53(35)67(59)96/h5-16,29-30,39-40,45-46,50-51,60-61,70-73,75,80,84-85,89-90,93-94,97-101,106-107H,17-28H2,1-4H3,(H,81,104)(H,82,105)(H,102,103)/t29-,30-,39-,40-,45-,46-,50-,51-,60+,61+,70-,71-,72+,73-,75+,78-,79-/m0/s1. The lowest BCUT2D eigenvalue weighted by atomic mass is 9.72.